The summed E-state index contributed by atoms with van der Waals surface area (Å²) in [6.45, 7) is 7.41. The molecule has 29 heavy (non-hydrogen) atoms. The van der Waals surface area contributed by atoms with E-state index < -0.39 is 23.6 Å². The SMILES string of the molecule is Cc1cc(Cl)ccc1NC(=O)C(COCc1ccccc1)NC(=O)OC(C)(C)C. The van der Waals surface area contributed by atoms with Crippen LogP contribution in [0.3, 0.4) is 0 Å². The fraction of sp³-hybridized carbons (Fsp3) is 0.364. The molecule has 2 rings (SSSR count). The van der Waals surface area contributed by atoms with E-state index in [4.69, 9.17) is 21.1 Å². The fourth-order valence-corrected chi connectivity index (χ4v) is 2.72. The Morgan fingerprint density at radius 1 is 1.10 bits per heavy atom. The first kappa shape index (κ1) is 22.7. The Morgan fingerprint density at radius 2 is 1.79 bits per heavy atom. The number of carbonyl (C=O) groups excluding carboxylic acids is 2. The lowest BCUT2D eigenvalue weighted by atomic mass is 10.2. The number of alkyl carbamates (subject to hydrolysis) is 1. The largest absolute Gasteiger partial charge is 0.444 e. The van der Waals surface area contributed by atoms with Crippen molar-refractivity contribution in [3.63, 3.8) is 0 Å². The van der Waals surface area contributed by atoms with Crippen molar-refractivity contribution in [2.75, 3.05) is 11.9 Å². The van der Waals surface area contributed by atoms with Gasteiger partial charge in [0.15, 0.2) is 0 Å². The number of benzene rings is 2. The van der Waals surface area contributed by atoms with Crippen molar-refractivity contribution in [1.29, 1.82) is 0 Å². The second kappa shape index (κ2) is 10.3. The standard InChI is InChI=1S/C22H27ClN2O4/c1-15-12-17(23)10-11-18(15)24-20(26)19(25-21(27)29-22(2,3)4)14-28-13-16-8-6-5-7-9-16/h5-12,19H,13-14H2,1-4H3,(H,24,26)(H,25,27). The summed E-state index contributed by atoms with van der Waals surface area (Å²) in [6.07, 6.45) is -0.686. The third kappa shape index (κ3) is 8.13. The highest BCUT2D eigenvalue weighted by Gasteiger charge is 2.25. The van der Waals surface area contributed by atoms with Crippen molar-refractivity contribution < 1.29 is 19.1 Å². The van der Waals surface area contributed by atoms with Gasteiger partial charge in [-0.25, -0.2) is 4.79 Å². The number of nitrogens with one attached hydrogen (secondary N) is 2. The van der Waals surface area contributed by atoms with E-state index in [0.717, 1.165) is 11.1 Å². The number of hydrogen-bond acceptors (Lipinski definition) is 4. The number of hydrogen-bond donors (Lipinski definition) is 2. The molecule has 2 N–H and O–H groups in total. The minimum atomic E-state index is -0.927. The van der Waals surface area contributed by atoms with Crippen LogP contribution in [0, 0.1) is 6.92 Å². The van der Waals surface area contributed by atoms with Crippen molar-refractivity contribution >= 4 is 29.3 Å². The van der Waals surface area contributed by atoms with Crippen LogP contribution in [0.25, 0.3) is 0 Å². The van der Waals surface area contributed by atoms with Gasteiger partial charge in [-0.05, 0) is 57.0 Å². The molecule has 156 valence electrons. The van der Waals surface area contributed by atoms with Crippen LogP contribution in [0.15, 0.2) is 48.5 Å². The number of ether oxygens (including phenoxy) is 2. The number of anilines is 1. The van der Waals surface area contributed by atoms with E-state index in [0.29, 0.717) is 17.3 Å². The van der Waals surface area contributed by atoms with Gasteiger partial charge in [-0.2, -0.15) is 0 Å². The second-order valence-corrected chi connectivity index (χ2v) is 8.08. The Hall–Kier alpha value is -2.57. The van der Waals surface area contributed by atoms with Gasteiger partial charge >= 0.3 is 6.09 Å². The average molecular weight is 419 g/mol. The number of rotatable bonds is 7. The van der Waals surface area contributed by atoms with Crippen LogP contribution in [-0.2, 0) is 20.9 Å². The summed E-state index contributed by atoms with van der Waals surface area (Å²) in [6, 6.07) is 13.8. The lowest BCUT2D eigenvalue weighted by Gasteiger charge is -2.23. The Morgan fingerprint density at radius 3 is 2.41 bits per heavy atom. The molecule has 0 aliphatic carbocycles. The molecule has 1 atom stereocenters. The van der Waals surface area contributed by atoms with E-state index >= 15 is 0 Å². The Balaban J connectivity index is 2.05. The lowest BCUT2D eigenvalue weighted by Crippen LogP contribution is -2.48. The normalized spacial score (nSPS) is 12.2. The van der Waals surface area contributed by atoms with Gasteiger partial charge in [0.05, 0.1) is 13.2 Å². The molecule has 7 heteroatoms. The third-order valence-corrected chi connectivity index (χ3v) is 4.08. The zero-order chi connectivity index (χ0) is 21.4. The molecule has 0 heterocycles. The monoisotopic (exact) mass is 418 g/mol. The predicted molar refractivity (Wildman–Crippen MR) is 114 cm³/mol. The summed E-state index contributed by atoms with van der Waals surface area (Å²) >= 11 is 5.97. The smallest absolute Gasteiger partial charge is 0.408 e. The zero-order valence-corrected chi connectivity index (χ0v) is 17.9. The molecule has 0 aliphatic rings. The predicted octanol–water partition coefficient (Wildman–Crippen LogP) is 4.70. The zero-order valence-electron chi connectivity index (χ0n) is 17.1. The molecule has 0 spiro atoms. The number of aryl methyl sites for hydroxylation is 1. The summed E-state index contributed by atoms with van der Waals surface area (Å²) in [5, 5.41) is 5.97. The van der Waals surface area contributed by atoms with E-state index in [1.807, 2.05) is 37.3 Å². The van der Waals surface area contributed by atoms with Crippen LogP contribution in [-0.4, -0.2) is 30.3 Å². The van der Waals surface area contributed by atoms with Gasteiger partial charge in [0.2, 0.25) is 5.91 Å². The molecule has 0 aromatic heterocycles. The van der Waals surface area contributed by atoms with E-state index in [9.17, 15) is 9.59 Å². The quantitative estimate of drug-likeness (QED) is 0.683. The highest BCUT2D eigenvalue weighted by Crippen LogP contribution is 2.20. The molecular weight excluding hydrogens is 392 g/mol. The summed E-state index contributed by atoms with van der Waals surface area (Å²) in [7, 11) is 0. The van der Waals surface area contributed by atoms with Crippen molar-refractivity contribution in [3.05, 3.63) is 64.7 Å². The first-order chi connectivity index (χ1) is 13.6. The first-order valence-electron chi connectivity index (χ1n) is 9.32. The van der Waals surface area contributed by atoms with Gasteiger partial charge in [-0.1, -0.05) is 41.9 Å². The van der Waals surface area contributed by atoms with Gasteiger partial charge in [0.25, 0.3) is 0 Å². The Labute approximate surface area is 176 Å². The van der Waals surface area contributed by atoms with Crippen LogP contribution in [0.4, 0.5) is 10.5 Å². The molecule has 6 nitrogen and oxygen atoms in total. The molecule has 2 amide bonds. The van der Waals surface area contributed by atoms with Crippen LogP contribution in [0.2, 0.25) is 5.02 Å². The number of halogens is 1. The Bertz CT molecular complexity index is 834. The second-order valence-electron chi connectivity index (χ2n) is 7.65. The molecule has 0 bridgehead atoms. The minimum Gasteiger partial charge on any atom is -0.444 e. The van der Waals surface area contributed by atoms with E-state index in [1.54, 1.807) is 39.0 Å². The maximum absolute atomic E-state index is 12.8. The molecule has 0 radical (unpaired) electrons. The van der Waals surface area contributed by atoms with Gasteiger partial charge in [-0.15, -0.1) is 0 Å². The van der Waals surface area contributed by atoms with Crippen LogP contribution in [0.1, 0.15) is 31.9 Å². The molecule has 0 saturated heterocycles. The summed E-state index contributed by atoms with van der Waals surface area (Å²) in [4.78, 5) is 25.0. The molecule has 2 aromatic carbocycles. The Kier molecular flexibility index (Phi) is 8.05. The van der Waals surface area contributed by atoms with Crippen molar-refractivity contribution in [3.8, 4) is 0 Å². The fourth-order valence-electron chi connectivity index (χ4n) is 2.49. The summed E-state index contributed by atoms with van der Waals surface area (Å²) in [5.41, 5.74) is 1.71. The topological polar surface area (TPSA) is 76.7 Å². The highest BCUT2D eigenvalue weighted by atomic mass is 35.5. The van der Waals surface area contributed by atoms with Gasteiger partial charge in [0, 0.05) is 10.7 Å². The lowest BCUT2D eigenvalue weighted by molar-refractivity contribution is -0.119. The molecule has 2 aromatic rings. The summed E-state index contributed by atoms with van der Waals surface area (Å²) < 4.78 is 10.9. The van der Waals surface area contributed by atoms with Crippen LogP contribution >= 0.6 is 11.6 Å². The van der Waals surface area contributed by atoms with E-state index in [2.05, 4.69) is 10.6 Å². The number of carbonyl (C=O) groups is 2. The van der Waals surface area contributed by atoms with Crippen LogP contribution in [0.5, 0.6) is 0 Å². The number of amides is 2. The van der Waals surface area contributed by atoms with E-state index in [1.165, 1.54) is 0 Å². The van der Waals surface area contributed by atoms with Crippen molar-refractivity contribution in [1.82, 2.24) is 5.32 Å². The minimum absolute atomic E-state index is 0.00733. The van der Waals surface area contributed by atoms with Crippen LogP contribution < -0.4 is 10.6 Å². The average Bonchev–Trinajstić information content (AvgIpc) is 2.62. The summed E-state index contributed by atoms with van der Waals surface area (Å²) in [5.74, 6) is -0.408. The maximum atomic E-state index is 12.8. The molecule has 0 aliphatic heterocycles. The van der Waals surface area contributed by atoms with Gasteiger partial charge in [0.1, 0.15) is 11.6 Å². The van der Waals surface area contributed by atoms with Gasteiger partial charge in [-0.3, -0.25) is 4.79 Å². The molecular formula is C22H27ClN2O4. The third-order valence-electron chi connectivity index (χ3n) is 3.85. The highest BCUT2D eigenvalue weighted by molar-refractivity contribution is 6.30. The first-order valence-corrected chi connectivity index (χ1v) is 9.70. The molecule has 0 saturated carbocycles. The van der Waals surface area contributed by atoms with Gasteiger partial charge < -0.3 is 20.1 Å². The molecule has 0 fully saturated rings. The van der Waals surface area contributed by atoms with Crippen molar-refractivity contribution in [2.24, 2.45) is 0 Å². The molecule has 1 unspecified atom stereocenters. The van der Waals surface area contributed by atoms with Crippen molar-refractivity contribution in [2.45, 2.75) is 45.9 Å². The van der Waals surface area contributed by atoms with E-state index in [-0.39, 0.29) is 6.61 Å². The maximum Gasteiger partial charge on any atom is 0.408 e.